The number of amides is 1. The number of benzene rings is 2. The second-order valence-corrected chi connectivity index (χ2v) is 5.96. The normalized spacial score (nSPS) is 10.1. The van der Waals surface area contributed by atoms with E-state index in [-0.39, 0.29) is 18.4 Å². The van der Waals surface area contributed by atoms with E-state index in [4.69, 9.17) is 9.47 Å². The van der Waals surface area contributed by atoms with Crippen molar-refractivity contribution in [2.45, 2.75) is 26.7 Å². The fraction of sp³-hybridized carbons (Fsp3) is 0.333. The number of hydrogen-bond acceptors (Lipinski definition) is 5. The standard InChI is InChI=1S/C21H26N2O4/c1-3-13-26-19-8-6-5-7-18(19)23-20(24)15-22-17-11-9-16(10-12-17)21(25)27-14-4-2/h5-12,22H,3-4,13-15H2,1-2H3,(H,23,24). The van der Waals surface area contributed by atoms with Crippen LogP contribution in [-0.2, 0) is 9.53 Å². The summed E-state index contributed by atoms with van der Waals surface area (Å²) >= 11 is 0. The van der Waals surface area contributed by atoms with Gasteiger partial charge in [-0.3, -0.25) is 4.79 Å². The molecule has 0 aliphatic heterocycles. The smallest absolute Gasteiger partial charge is 0.338 e. The zero-order valence-electron chi connectivity index (χ0n) is 15.8. The van der Waals surface area contributed by atoms with Gasteiger partial charge in [0.1, 0.15) is 5.75 Å². The monoisotopic (exact) mass is 370 g/mol. The van der Waals surface area contributed by atoms with Crippen LogP contribution in [0, 0.1) is 0 Å². The van der Waals surface area contributed by atoms with E-state index in [0.717, 1.165) is 18.5 Å². The van der Waals surface area contributed by atoms with Gasteiger partial charge in [-0.25, -0.2) is 4.79 Å². The molecule has 2 aromatic rings. The molecule has 2 N–H and O–H groups in total. The highest BCUT2D eigenvalue weighted by Crippen LogP contribution is 2.23. The number of rotatable bonds is 10. The second-order valence-electron chi connectivity index (χ2n) is 5.96. The molecule has 0 saturated carbocycles. The predicted molar refractivity (Wildman–Crippen MR) is 106 cm³/mol. The van der Waals surface area contributed by atoms with Crippen LogP contribution in [0.3, 0.4) is 0 Å². The average molecular weight is 370 g/mol. The lowest BCUT2D eigenvalue weighted by Crippen LogP contribution is -2.22. The van der Waals surface area contributed by atoms with Gasteiger partial charge in [0.15, 0.2) is 0 Å². The van der Waals surface area contributed by atoms with E-state index >= 15 is 0 Å². The van der Waals surface area contributed by atoms with Crippen molar-refractivity contribution in [1.82, 2.24) is 0 Å². The molecule has 2 aromatic carbocycles. The van der Waals surface area contributed by atoms with E-state index in [1.807, 2.05) is 32.0 Å². The van der Waals surface area contributed by atoms with Crippen LogP contribution >= 0.6 is 0 Å². The molecule has 0 radical (unpaired) electrons. The predicted octanol–water partition coefficient (Wildman–Crippen LogP) is 4.09. The summed E-state index contributed by atoms with van der Waals surface area (Å²) in [6, 6.07) is 14.2. The van der Waals surface area contributed by atoms with Crippen LogP contribution in [0.1, 0.15) is 37.0 Å². The first kappa shape index (κ1) is 20.3. The number of anilines is 2. The molecule has 0 atom stereocenters. The third kappa shape index (κ3) is 6.66. The first-order valence-corrected chi connectivity index (χ1v) is 9.16. The molecule has 0 fully saturated rings. The highest BCUT2D eigenvalue weighted by atomic mass is 16.5. The second kappa shape index (κ2) is 10.9. The van der Waals surface area contributed by atoms with Gasteiger partial charge in [-0.2, -0.15) is 0 Å². The first-order chi connectivity index (χ1) is 13.1. The van der Waals surface area contributed by atoms with E-state index < -0.39 is 0 Å². The lowest BCUT2D eigenvalue weighted by Gasteiger charge is -2.12. The highest BCUT2D eigenvalue weighted by molar-refractivity contribution is 5.95. The molecule has 1 amide bonds. The lowest BCUT2D eigenvalue weighted by molar-refractivity contribution is -0.114. The summed E-state index contributed by atoms with van der Waals surface area (Å²) < 4.78 is 10.7. The van der Waals surface area contributed by atoms with Crippen molar-refractivity contribution in [3.05, 3.63) is 54.1 Å². The van der Waals surface area contributed by atoms with Gasteiger partial charge in [0.2, 0.25) is 5.91 Å². The molecule has 2 rings (SSSR count). The summed E-state index contributed by atoms with van der Waals surface area (Å²) in [5.74, 6) is 0.126. The Kier molecular flexibility index (Phi) is 8.16. The van der Waals surface area contributed by atoms with Crippen LogP contribution in [0.15, 0.2) is 48.5 Å². The molecule has 0 spiro atoms. The number of hydrogen-bond donors (Lipinski definition) is 2. The van der Waals surface area contributed by atoms with Crippen LogP contribution < -0.4 is 15.4 Å². The Morgan fingerprint density at radius 3 is 2.33 bits per heavy atom. The number of ether oxygens (including phenoxy) is 2. The van der Waals surface area contributed by atoms with Crippen LogP contribution in [0.4, 0.5) is 11.4 Å². The third-order valence-corrected chi connectivity index (χ3v) is 3.63. The zero-order valence-corrected chi connectivity index (χ0v) is 15.8. The minimum atomic E-state index is -0.343. The first-order valence-electron chi connectivity index (χ1n) is 9.16. The molecule has 0 unspecified atom stereocenters. The van der Waals surface area contributed by atoms with E-state index in [9.17, 15) is 9.59 Å². The Bertz CT molecular complexity index is 744. The number of esters is 1. The minimum Gasteiger partial charge on any atom is -0.491 e. The Morgan fingerprint density at radius 2 is 1.63 bits per heavy atom. The third-order valence-electron chi connectivity index (χ3n) is 3.63. The van der Waals surface area contributed by atoms with Gasteiger partial charge < -0.3 is 20.1 Å². The Labute approximate surface area is 159 Å². The SMILES string of the molecule is CCCOC(=O)c1ccc(NCC(=O)Nc2ccccc2OCCC)cc1. The number of para-hydroxylation sites is 2. The molecule has 0 saturated heterocycles. The molecule has 0 bridgehead atoms. The molecular weight excluding hydrogens is 344 g/mol. The Hall–Kier alpha value is -3.02. The van der Waals surface area contributed by atoms with Crippen molar-refractivity contribution >= 4 is 23.3 Å². The molecular formula is C21H26N2O4. The van der Waals surface area contributed by atoms with Crippen LogP contribution in [0.5, 0.6) is 5.75 Å². The maximum Gasteiger partial charge on any atom is 0.338 e. The minimum absolute atomic E-state index is 0.0989. The van der Waals surface area contributed by atoms with Gasteiger partial charge in [-0.15, -0.1) is 0 Å². The van der Waals surface area contributed by atoms with Crippen molar-refractivity contribution in [3.63, 3.8) is 0 Å². The summed E-state index contributed by atoms with van der Waals surface area (Å²) in [7, 11) is 0. The number of carbonyl (C=O) groups is 2. The lowest BCUT2D eigenvalue weighted by atomic mass is 10.2. The average Bonchev–Trinajstić information content (AvgIpc) is 2.70. The molecule has 0 aliphatic carbocycles. The summed E-state index contributed by atoms with van der Waals surface area (Å²) in [6.07, 6.45) is 1.68. The Balaban J connectivity index is 1.86. The van der Waals surface area contributed by atoms with Crippen molar-refractivity contribution < 1.29 is 19.1 Å². The van der Waals surface area contributed by atoms with Crippen LogP contribution in [0.2, 0.25) is 0 Å². The van der Waals surface area contributed by atoms with Crippen molar-refractivity contribution in [2.24, 2.45) is 0 Å². The highest BCUT2D eigenvalue weighted by Gasteiger charge is 2.09. The molecule has 27 heavy (non-hydrogen) atoms. The maximum atomic E-state index is 12.2. The van der Waals surface area contributed by atoms with Crippen LogP contribution in [-0.4, -0.2) is 31.6 Å². The van der Waals surface area contributed by atoms with E-state index in [1.54, 1.807) is 30.3 Å². The zero-order chi connectivity index (χ0) is 19.5. The molecule has 6 heteroatoms. The van der Waals surface area contributed by atoms with Crippen molar-refractivity contribution in [2.75, 3.05) is 30.4 Å². The number of carbonyl (C=O) groups excluding carboxylic acids is 2. The molecule has 0 heterocycles. The van der Waals surface area contributed by atoms with E-state index in [2.05, 4.69) is 10.6 Å². The summed E-state index contributed by atoms with van der Waals surface area (Å²) in [4.78, 5) is 24.0. The van der Waals surface area contributed by atoms with E-state index in [1.165, 1.54) is 0 Å². The fourth-order valence-corrected chi connectivity index (χ4v) is 2.29. The van der Waals surface area contributed by atoms with E-state index in [0.29, 0.717) is 30.2 Å². The van der Waals surface area contributed by atoms with Gasteiger partial charge in [0, 0.05) is 5.69 Å². The molecule has 0 aliphatic rings. The van der Waals surface area contributed by atoms with Gasteiger partial charge in [-0.05, 0) is 49.2 Å². The summed E-state index contributed by atoms with van der Waals surface area (Å²) in [6.45, 7) is 5.07. The number of nitrogens with one attached hydrogen (secondary N) is 2. The fourth-order valence-electron chi connectivity index (χ4n) is 2.29. The molecule has 144 valence electrons. The van der Waals surface area contributed by atoms with Crippen LogP contribution in [0.25, 0.3) is 0 Å². The summed E-state index contributed by atoms with van der Waals surface area (Å²) in [5, 5.41) is 5.87. The summed E-state index contributed by atoms with van der Waals surface area (Å²) in [5.41, 5.74) is 1.87. The van der Waals surface area contributed by atoms with Gasteiger partial charge in [0.25, 0.3) is 0 Å². The van der Waals surface area contributed by atoms with Gasteiger partial charge in [-0.1, -0.05) is 26.0 Å². The van der Waals surface area contributed by atoms with Gasteiger partial charge >= 0.3 is 5.97 Å². The quantitative estimate of drug-likeness (QED) is 0.616. The Morgan fingerprint density at radius 1 is 0.926 bits per heavy atom. The molecule has 6 nitrogen and oxygen atoms in total. The topological polar surface area (TPSA) is 76.7 Å². The molecule has 0 aromatic heterocycles. The van der Waals surface area contributed by atoms with Crippen molar-refractivity contribution in [3.8, 4) is 5.75 Å². The van der Waals surface area contributed by atoms with Gasteiger partial charge in [0.05, 0.1) is 31.0 Å². The largest absolute Gasteiger partial charge is 0.491 e. The maximum absolute atomic E-state index is 12.2. The van der Waals surface area contributed by atoms with Crippen molar-refractivity contribution in [1.29, 1.82) is 0 Å².